The Labute approximate surface area is 123 Å². The summed E-state index contributed by atoms with van der Waals surface area (Å²) in [6, 6.07) is 4.14. The molecule has 0 spiro atoms. The highest BCUT2D eigenvalue weighted by Gasteiger charge is 2.18. The number of aliphatic hydroxyl groups excluding tert-OH is 1. The molecule has 0 aliphatic rings. The Hall–Kier alpha value is -2.15. The van der Waals surface area contributed by atoms with Crippen molar-refractivity contribution >= 4 is 17.3 Å². The highest BCUT2D eigenvalue weighted by molar-refractivity contribution is 6.00. The maximum atomic E-state index is 12.2. The number of nitro groups is 1. The summed E-state index contributed by atoms with van der Waals surface area (Å²) < 4.78 is 0. The number of anilines is 1. The fourth-order valence-corrected chi connectivity index (χ4v) is 1.95. The molecule has 0 heterocycles. The minimum absolute atomic E-state index is 0.127. The van der Waals surface area contributed by atoms with Crippen LogP contribution in [-0.4, -0.2) is 42.7 Å². The van der Waals surface area contributed by atoms with Crippen LogP contribution in [0, 0.1) is 10.1 Å². The first-order chi connectivity index (χ1) is 9.86. The second-order valence-corrected chi connectivity index (χ2v) is 5.01. The van der Waals surface area contributed by atoms with Gasteiger partial charge in [-0.2, -0.15) is 0 Å². The second-order valence-electron chi connectivity index (χ2n) is 5.01. The van der Waals surface area contributed by atoms with E-state index in [0.717, 1.165) is 6.42 Å². The number of nitrogens with one attached hydrogen (secondary N) is 1. The molecular formula is C14H21N3O4. The van der Waals surface area contributed by atoms with Crippen LogP contribution in [0.1, 0.15) is 30.1 Å². The van der Waals surface area contributed by atoms with Gasteiger partial charge in [0.2, 0.25) is 0 Å². The fourth-order valence-electron chi connectivity index (χ4n) is 1.95. The van der Waals surface area contributed by atoms with Gasteiger partial charge < -0.3 is 15.3 Å². The molecule has 1 unspecified atom stereocenters. The summed E-state index contributed by atoms with van der Waals surface area (Å²) in [6.07, 6.45) is 0.799. The molecule has 0 saturated carbocycles. The van der Waals surface area contributed by atoms with Gasteiger partial charge in [-0.1, -0.05) is 13.3 Å². The molecule has 0 bridgehead atoms. The number of rotatable bonds is 7. The van der Waals surface area contributed by atoms with E-state index in [2.05, 4.69) is 5.32 Å². The molecule has 116 valence electrons. The number of aliphatic hydroxyl groups is 1. The molecule has 0 fully saturated rings. The monoisotopic (exact) mass is 295 g/mol. The van der Waals surface area contributed by atoms with Gasteiger partial charge in [-0.15, -0.1) is 0 Å². The van der Waals surface area contributed by atoms with E-state index in [4.69, 9.17) is 0 Å². The van der Waals surface area contributed by atoms with Crippen LogP contribution in [0.25, 0.3) is 0 Å². The van der Waals surface area contributed by atoms with Crippen LogP contribution < -0.4 is 10.2 Å². The average molecular weight is 295 g/mol. The van der Waals surface area contributed by atoms with Crippen molar-refractivity contribution in [2.75, 3.05) is 25.5 Å². The Morgan fingerprint density at radius 3 is 2.67 bits per heavy atom. The van der Waals surface area contributed by atoms with Crippen molar-refractivity contribution in [2.24, 2.45) is 0 Å². The minimum atomic E-state index is -0.611. The SMILES string of the molecule is CCCC(O)CNC(=O)c1cc([N+](=O)[O-])ccc1N(C)C. The zero-order valence-electron chi connectivity index (χ0n) is 12.5. The molecule has 2 N–H and O–H groups in total. The summed E-state index contributed by atoms with van der Waals surface area (Å²) in [6.45, 7) is 2.07. The predicted molar refractivity (Wildman–Crippen MR) is 80.7 cm³/mol. The van der Waals surface area contributed by atoms with Gasteiger partial charge in [0.1, 0.15) is 0 Å². The summed E-state index contributed by atoms with van der Waals surface area (Å²) in [7, 11) is 3.51. The number of nitrogens with zero attached hydrogens (tertiary/aromatic N) is 2. The lowest BCUT2D eigenvalue weighted by Crippen LogP contribution is -2.33. The van der Waals surface area contributed by atoms with E-state index in [9.17, 15) is 20.0 Å². The van der Waals surface area contributed by atoms with Gasteiger partial charge in [-0.3, -0.25) is 14.9 Å². The van der Waals surface area contributed by atoms with Gasteiger partial charge in [0, 0.05) is 38.5 Å². The third-order valence-electron chi connectivity index (χ3n) is 3.04. The van der Waals surface area contributed by atoms with Crippen LogP contribution >= 0.6 is 0 Å². The summed E-state index contributed by atoms with van der Waals surface area (Å²) >= 11 is 0. The fraction of sp³-hybridized carbons (Fsp3) is 0.500. The van der Waals surface area contributed by atoms with Crippen LogP contribution in [-0.2, 0) is 0 Å². The van der Waals surface area contributed by atoms with Crippen molar-refractivity contribution in [1.82, 2.24) is 5.32 Å². The Morgan fingerprint density at radius 1 is 1.48 bits per heavy atom. The maximum absolute atomic E-state index is 12.2. The van der Waals surface area contributed by atoms with E-state index >= 15 is 0 Å². The first kappa shape index (κ1) is 16.9. The molecule has 0 aromatic heterocycles. The number of carbonyl (C=O) groups excluding carboxylic acids is 1. The standard InChI is InChI=1S/C14H21N3O4/c1-4-5-11(18)9-15-14(19)12-8-10(17(20)21)6-7-13(12)16(2)3/h6-8,11,18H,4-5,9H2,1-3H3,(H,15,19). The molecule has 21 heavy (non-hydrogen) atoms. The quantitative estimate of drug-likeness (QED) is 0.588. The Kier molecular flexibility index (Phi) is 6.10. The zero-order chi connectivity index (χ0) is 16.0. The molecule has 1 amide bonds. The lowest BCUT2D eigenvalue weighted by Gasteiger charge is -2.17. The zero-order valence-corrected chi connectivity index (χ0v) is 12.5. The Balaban J connectivity index is 2.94. The summed E-state index contributed by atoms with van der Waals surface area (Å²) in [5.74, 6) is -0.433. The van der Waals surface area contributed by atoms with Gasteiger partial charge in [-0.25, -0.2) is 0 Å². The Bertz CT molecular complexity index is 517. The third kappa shape index (κ3) is 4.71. The lowest BCUT2D eigenvalue weighted by molar-refractivity contribution is -0.384. The van der Waals surface area contributed by atoms with Crippen molar-refractivity contribution in [3.05, 3.63) is 33.9 Å². The van der Waals surface area contributed by atoms with E-state index in [-0.39, 0.29) is 17.8 Å². The highest BCUT2D eigenvalue weighted by Crippen LogP contribution is 2.24. The topological polar surface area (TPSA) is 95.7 Å². The van der Waals surface area contributed by atoms with Gasteiger partial charge in [0.05, 0.1) is 16.6 Å². The average Bonchev–Trinajstić information content (AvgIpc) is 2.44. The highest BCUT2D eigenvalue weighted by atomic mass is 16.6. The van der Waals surface area contributed by atoms with Crippen molar-refractivity contribution in [3.8, 4) is 0 Å². The smallest absolute Gasteiger partial charge is 0.270 e. The molecule has 1 rings (SSSR count). The number of non-ortho nitro benzene ring substituents is 1. The lowest BCUT2D eigenvalue weighted by atomic mass is 10.1. The van der Waals surface area contributed by atoms with Crippen molar-refractivity contribution < 1.29 is 14.8 Å². The molecule has 0 aliphatic heterocycles. The minimum Gasteiger partial charge on any atom is -0.391 e. The van der Waals surface area contributed by atoms with Crippen molar-refractivity contribution in [3.63, 3.8) is 0 Å². The van der Waals surface area contributed by atoms with Crippen molar-refractivity contribution in [1.29, 1.82) is 0 Å². The first-order valence-corrected chi connectivity index (χ1v) is 6.78. The van der Waals surface area contributed by atoms with Gasteiger partial charge in [0.15, 0.2) is 0 Å². The molecule has 7 nitrogen and oxygen atoms in total. The van der Waals surface area contributed by atoms with Crippen LogP contribution in [0.2, 0.25) is 0 Å². The van der Waals surface area contributed by atoms with Crippen LogP contribution in [0.4, 0.5) is 11.4 Å². The van der Waals surface area contributed by atoms with E-state index in [0.29, 0.717) is 12.1 Å². The Morgan fingerprint density at radius 2 is 2.14 bits per heavy atom. The summed E-state index contributed by atoms with van der Waals surface area (Å²) in [4.78, 5) is 24.2. The van der Waals surface area contributed by atoms with Gasteiger partial charge in [0.25, 0.3) is 11.6 Å². The largest absolute Gasteiger partial charge is 0.391 e. The normalized spacial score (nSPS) is 11.8. The summed E-state index contributed by atoms with van der Waals surface area (Å²) in [5.41, 5.74) is 0.667. The molecular weight excluding hydrogens is 274 g/mol. The van der Waals surface area contributed by atoms with E-state index in [1.807, 2.05) is 6.92 Å². The van der Waals surface area contributed by atoms with Crippen LogP contribution in [0.5, 0.6) is 0 Å². The maximum Gasteiger partial charge on any atom is 0.270 e. The van der Waals surface area contributed by atoms with Crippen LogP contribution in [0.3, 0.4) is 0 Å². The number of nitro benzene ring substituents is 1. The third-order valence-corrected chi connectivity index (χ3v) is 3.04. The molecule has 1 atom stereocenters. The number of benzene rings is 1. The summed E-state index contributed by atoms with van der Waals surface area (Å²) in [5, 5.41) is 23.1. The van der Waals surface area contributed by atoms with Gasteiger partial charge in [-0.05, 0) is 12.5 Å². The predicted octanol–water partition coefficient (Wildman–Crippen LogP) is 1.55. The number of hydrogen-bond donors (Lipinski definition) is 2. The number of hydrogen-bond acceptors (Lipinski definition) is 5. The van der Waals surface area contributed by atoms with E-state index < -0.39 is 16.9 Å². The van der Waals surface area contributed by atoms with E-state index in [1.165, 1.54) is 18.2 Å². The molecule has 0 saturated heterocycles. The molecule has 0 aliphatic carbocycles. The van der Waals surface area contributed by atoms with Crippen LogP contribution in [0.15, 0.2) is 18.2 Å². The second kappa shape index (κ2) is 7.58. The molecule has 7 heteroatoms. The number of amides is 1. The molecule has 1 aromatic rings. The van der Waals surface area contributed by atoms with E-state index in [1.54, 1.807) is 19.0 Å². The molecule has 0 radical (unpaired) electrons. The molecule has 1 aromatic carbocycles. The van der Waals surface area contributed by atoms with Gasteiger partial charge >= 0.3 is 0 Å². The number of carbonyl (C=O) groups is 1. The first-order valence-electron chi connectivity index (χ1n) is 6.78. The van der Waals surface area contributed by atoms with Crippen molar-refractivity contribution in [2.45, 2.75) is 25.9 Å².